The summed E-state index contributed by atoms with van der Waals surface area (Å²) in [4.78, 5) is 12.2. The molecule has 0 aromatic carbocycles. The molecule has 2 heteroatoms. The van der Waals surface area contributed by atoms with Crippen molar-refractivity contribution in [1.29, 1.82) is 0 Å². The van der Waals surface area contributed by atoms with Crippen LogP contribution in [0.4, 0.5) is 0 Å². The molecule has 5 fully saturated rings. The van der Waals surface area contributed by atoms with Gasteiger partial charge in [-0.3, -0.25) is 4.79 Å². The summed E-state index contributed by atoms with van der Waals surface area (Å²) in [5.41, 5.74) is 1.57. The molecule has 0 bridgehead atoms. The Labute approximate surface area is 185 Å². The summed E-state index contributed by atoms with van der Waals surface area (Å²) in [7, 11) is 2.00. The van der Waals surface area contributed by atoms with E-state index in [-0.39, 0.29) is 5.92 Å². The average molecular weight is 415 g/mol. The number of Topliss-reactive ketones (excluding diaryl/α,β-unsaturated/α-hetero) is 1. The molecule has 10 atom stereocenters. The molecular weight excluding hydrogens is 368 g/mol. The van der Waals surface area contributed by atoms with Crippen LogP contribution in [0.5, 0.6) is 0 Å². The van der Waals surface area contributed by atoms with Crippen molar-refractivity contribution in [3.8, 4) is 0 Å². The van der Waals surface area contributed by atoms with E-state index in [0.29, 0.717) is 34.1 Å². The van der Waals surface area contributed by atoms with Gasteiger partial charge in [-0.05, 0) is 104 Å². The van der Waals surface area contributed by atoms with E-state index in [4.69, 9.17) is 4.74 Å². The zero-order valence-electron chi connectivity index (χ0n) is 20.5. The normalized spacial score (nSPS) is 52.4. The third-order valence-electron chi connectivity index (χ3n) is 12.1. The van der Waals surface area contributed by atoms with Gasteiger partial charge in [0.2, 0.25) is 0 Å². The Morgan fingerprint density at radius 1 is 1.03 bits per heavy atom. The molecule has 0 saturated heterocycles. The fraction of sp³-hybridized carbons (Fsp3) is 0.964. The maximum absolute atomic E-state index is 12.2. The molecule has 2 nitrogen and oxygen atoms in total. The van der Waals surface area contributed by atoms with E-state index in [0.717, 1.165) is 42.4 Å². The first kappa shape index (κ1) is 21.5. The minimum absolute atomic E-state index is 0.193. The molecule has 5 aliphatic rings. The van der Waals surface area contributed by atoms with Gasteiger partial charge in [0.25, 0.3) is 0 Å². The fourth-order valence-electron chi connectivity index (χ4n) is 10.4. The smallest absolute Gasteiger partial charge is 0.135 e. The van der Waals surface area contributed by atoms with Crippen LogP contribution in [-0.2, 0) is 9.53 Å². The summed E-state index contributed by atoms with van der Waals surface area (Å²) in [6.45, 7) is 11.9. The van der Waals surface area contributed by atoms with Gasteiger partial charge in [0.1, 0.15) is 5.78 Å². The van der Waals surface area contributed by atoms with Crippen LogP contribution in [0.3, 0.4) is 0 Å². The fourth-order valence-corrected chi connectivity index (χ4v) is 10.4. The highest BCUT2D eigenvalue weighted by atomic mass is 16.5. The van der Waals surface area contributed by atoms with Crippen LogP contribution in [0.15, 0.2) is 0 Å². The second-order valence-electron chi connectivity index (χ2n) is 13.1. The van der Waals surface area contributed by atoms with Crippen LogP contribution < -0.4 is 0 Å². The van der Waals surface area contributed by atoms with Crippen LogP contribution in [0.1, 0.15) is 98.8 Å². The van der Waals surface area contributed by atoms with E-state index in [1.165, 1.54) is 51.4 Å². The van der Waals surface area contributed by atoms with E-state index >= 15 is 0 Å². The zero-order chi connectivity index (χ0) is 21.5. The van der Waals surface area contributed by atoms with Crippen molar-refractivity contribution in [2.75, 3.05) is 7.11 Å². The minimum Gasteiger partial charge on any atom is -0.381 e. The molecule has 0 unspecified atom stereocenters. The summed E-state index contributed by atoms with van der Waals surface area (Å²) in [5, 5.41) is 0. The van der Waals surface area contributed by atoms with Gasteiger partial charge in [-0.25, -0.2) is 0 Å². The molecule has 170 valence electrons. The van der Waals surface area contributed by atoms with Crippen molar-refractivity contribution in [3.05, 3.63) is 0 Å². The van der Waals surface area contributed by atoms with E-state index < -0.39 is 0 Å². The predicted molar refractivity (Wildman–Crippen MR) is 122 cm³/mol. The molecule has 0 radical (unpaired) electrons. The first-order chi connectivity index (χ1) is 14.2. The lowest BCUT2D eigenvalue weighted by molar-refractivity contribution is -0.161. The number of ketones is 1. The lowest BCUT2D eigenvalue weighted by Crippen LogP contribution is -2.57. The van der Waals surface area contributed by atoms with Crippen LogP contribution in [0, 0.1) is 57.7 Å². The Kier molecular flexibility index (Phi) is 5.06. The van der Waals surface area contributed by atoms with Crippen LogP contribution in [0.25, 0.3) is 0 Å². The number of fused-ring (bicyclic) bond motifs is 4. The SMILES string of the molecule is CO[C@@H]1C[C@H]2[C@@H]3CC[C@H]([C@H](C)CCC(=O)C(C)C)[C@@]3(C)CC[C@@H]2[C@@]2(C)CC[C@H]3C[C@]312. The summed E-state index contributed by atoms with van der Waals surface area (Å²) in [6, 6.07) is 0. The van der Waals surface area contributed by atoms with Crippen LogP contribution >= 0.6 is 0 Å². The van der Waals surface area contributed by atoms with Gasteiger partial charge < -0.3 is 4.74 Å². The standard InChI is InChI=1S/C28H46O2/c1-17(2)24(29)10-7-18(3)21-8-9-22-20-15-25(30-6)28-16-19(28)11-14-27(28,5)23(20)12-13-26(21,22)4/h17-23,25H,7-16H2,1-6H3/t18-,19+,20+,21-,22+,23+,25-,26-,27-,28+/m1/s1. The van der Waals surface area contributed by atoms with Gasteiger partial charge in [0.15, 0.2) is 0 Å². The molecule has 0 amide bonds. The van der Waals surface area contributed by atoms with Crippen LogP contribution in [0.2, 0.25) is 0 Å². The summed E-state index contributed by atoms with van der Waals surface area (Å²) in [6.07, 6.45) is 13.8. The third kappa shape index (κ3) is 2.67. The molecule has 30 heavy (non-hydrogen) atoms. The third-order valence-corrected chi connectivity index (χ3v) is 12.1. The first-order valence-corrected chi connectivity index (χ1v) is 13.2. The molecule has 0 aromatic heterocycles. The molecule has 0 aromatic rings. The Morgan fingerprint density at radius 2 is 1.80 bits per heavy atom. The Hall–Kier alpha value is -0.370. The molecule has 5 aliphatic carbocycles. The van der Waals surface area contributed by atoms with E-state index in [1.54, 1.807) is 0 Å². The molecule has 5 saturated carbocycles. The largest absolute Gasteiger partial charge is 0.381 e. The topological polar surface area (TPSA) is 26.3 Å². The number of hydrogen-bond donors (Lipinski definition) is 0. The number of methoxy groups -OCH3 is 1. The van der Waals surface area contributed by atoms with E-state index in [9.17, 15) is 4.79 Å². The Balaban J connectivity index is 1.35. The number of carbonyl (C=O) groups is 1. The monoisotopic (exact) mass is 414 g/mol. The zero-order valence-corrected chi connectivity index (χ0v) is 20.5. The van der Waals surface area contributed by atoms with Crippen molar-refractivity contribution >= 4 is 5.78 Å². The molecule has 0 N–H and O–H groups in total. The highest BCUT2D eigenvalue weighted by molar-refractivity contribution is 5.80. The Bertz CT molecular complexity index is 699. The molecule has 0 heterocycles. The quantitative estimate of drug-likeness (QED) is 0.472. The highest BCUT2D eigenvalue weighted by Crippen LogP contribution is 2.82. The van der Waals surface area contributed by atoms with E-state index in [1.807, 2.05) is 7.11 Å². The average Bonchev–Trinajstić information content (AvgIpc) is 3.22. The molecule has 5 rings (SSSR count). The second kappa shape index (κ2) is 7.06. The van der Waals surface area contributed by atoms with Gasteiger partial charge in [0, 0.05) is 24.9 Å². The van der Waals surface area contributed by atoms with Crippen molar-refractivity contribution in [3.63, 3.8) is 0 Å². The maximum Gasteiger partial charge on any atom is 0.135 e. The molecular formula is C28H46O2. The van der Waals surface area contributed by atoms with Gasteiger partial charge in [-0.2, -0.15) is 0 Å². The van der Waals surface area contributed by atoms with E-state index in [2.05, 4.69) is 34.6 Å². The minimum atomic E-state index is 0.193. The number of hydrogen-bond acceptors (Lipinski definition) is 2. The van der Waals surface area contributed by atoms with Crippen molar-refractivity contribution in [2.24, 2.45) is 57.7 Å². The van der Waals surface area contributed by atoms with Crippen molar-refractivity contribution in [2.45, 2.75) is 105 Å². The lowest BCUT2D eigenvalue weighted by atomic mass is 9.45. The van der Waals surface area contributed by atoms with Crippen molar-refractivity contribution < 1.29 is 9.53 Å². The van der Waals surface area contributed by atoms with Crippen LogP contribution in [-0.4, -0.2) is 19.0 Å². The van der Waals surface area contributed by atoms with Gasteiger partial charge in [0.05, 0.1) is 6.10 Å². The highest BCUT2D eigenvalue weighted by Gasteiger charge is 2.77. The Morgan fingerprint density at radius 3 is 2.47 bits per heavy atom. The number of ether oxygens (including phenoxy) is 1. The second-order valence-corrected chi connectivity index (χ2v) is 13.1. The number of rotatable bonds is 6. The number of carbonyl (C=O) groups excluding carboxylic acids is 1. The summed E-state index contributed by atoms with van der Waals surface area (Å²) >= 11 is 0. The predicted octanol–water partition coefficient (Wildman–Crippen LogP) is 6.91. The molecule has 1 spiro atoms. The van der Waals surface area contributed by atoms with Gasteiger partial charge in [-0.15, -0.1) is 0 Å². The maximum atomic E-state index is 12.2. The summed E-state index contributed by atoms with van der Waals surface area (Å²) < 4.78 is 6.27. The van der Waals surface area contributed by atoms with Crippen molar-refractivity contribution in [1.82, 2.24) is 0 Å². The van der Waals surface area contributed by atoms with Gasteiger partial charge in [-0.1, -0.05) is 34.6 Å². The lowest BCUT2D eigenvalue weighted by Gasteiger charge is -2.61. The van der Waals surface area contributed by atoms with Gasteiger partial charge >= 0.3 is 0 Å². The first-order valence-electron chi connectivity index (χ1n) is 13.2. The molecule has 0 aliphatic heterocycles. The summed E-state index contributed by atoms with van der Waals surface area (Å²) in [5.74, 6) is 5.81.